The van der Waals surface area contributed by atoms with Gasteiger partial charge in [0.1, 0.15) is 0 Å². The van der Waals surface area contributed by atoms with Crippen molar-refractivity contribution in [2.75, 3.05) is 32.5 Å². The molecule has 0 saturated heterocycles. The molecule has 0 unspecified atom stereocenters. The Morgan fingerprint density at radius 3 is 2.48 bits per heavy atom. The molecule has 21 heavy (non-hydrogen) atoms. The van der Waals surface area contributed by atoms with Gasteiger partial charge in [-0.1, -0.05) is 11.6 Å². The molecule has 114 valence electrons. The second-order valence-electron chi connectivity index (χ2n) is 4.42. The number of nitrogens with one attached hydrogen (secondary N) is 2. The summed E-state index contributed by atoms with van der Waals surface area (Å²) in [5.74, 6) is -1.13. The average Bonchev–Trinajstić information content (AvgIpc) is 2.45. The van der Waals surface area contributed by atoms with E-state index in [2.05, 4.69) is 10.6 Å². The zero-order chi connectivity index (χ0) is 16.0. The molecule has 1 rings (SSSR count). The van der Waals surface area contributed by atoms with Gasteiger partial charge in [-0.25, -0.2) is 0 Å². The Morgan fingerprint density at radius 2 is 1.90 bits per heavy atom. The molecule has 4 N–H and O–H groups in total. The van der Waals surface area contributed by atoms with Crippen molar-refractivity contribution in [3.63, 3.8) is 0 Å². The lowest BCUT2D eigenvalue weighted by molar-refractivity contribution is -0.123. The SMILES string of the molecule is CN(C)C(=O)c1cc(NC(=O)CNC(=O)CN)ccc1Cl. The first kappa shape index (κ1) is 16.9. The van der Waals surface area contributed by atoms with E-state index < -0.39 is 11.8 Å². The lowest BCUT2D eigenvalue weighted by atomic mass is 10.1. The van der Waals surface area contributed by atoms with E-state index in [0.717, 1.165) is 0 Å². The number of carbonyl (C=O) groups is 3. The van der Waals surface area contributed by atoms with Crippen molar-refractivity contribution in [3.8, 4) is 0 Å². The van der Waals surface area contributed by atoms with Crippen molar-refractivity contribution in [2.24, 2.45) is 5.73 Å². The Bertz CT molecular complexity index is 560. The molecule has 0 aliphatic rings. The van der Waals surface area contributed by atoms with Crippen LogP contribution in [0.1, 0.15) is 10.4 Å². The molecule has 0 heterocycles. The Hall–Kier alpha value is -2.12. The number of hydrogen-bond acceptors (Lipinski definition) is 4. The molecule has 3 amide bonds. The molecule has 0 saturated carbocycles. The fraction of sp³-hybridized carbons (Fsp3) is 0.308. The molecule has 8 heteroatoms. The summed E-state index contributed by atoms with van der Waals surface area (Å²) in [6.07, 6.45) is 0. The standard InChI is InChI=1S/C13H17ClN4O3/c1-18(2)13(21)9-5-8(3-4-10(9)14)17-12(20)7-16-11(19)6-15/h3-5H,6-7,15H2,1-2H3,(H,16,19)(H,17,20). The topological polar surface area (TPSA) is 105 Å². The van der Waals surface area contributed by atoms with E-state index in [4.69, 9.17) is 17.3 Å². The van der Waals surface area contributed by atoms with E-state index in [1.807, 2.05) is 0 Å². The minimum atomic E-state index is -0.428. The van der Waals surface area contributed by atoms with Crippen molar-refractivity contribution in [2.45, 2.75) is 0 Å². The molecule has 0 aromatic heterocycles. The highest BCUT2D eigenvalue weighted by Gasteiger charge is 2.14. The molecule has 1 aromatic rings. The summed E-state index contributed by atoms with van der Waals surface area (Å²) in [6, 6.07) is 4.57. The molecule has 0 aliphatic heterocycles. The number of benzene rings is 1. The largest absolute Gasteiger partial charge is 0.346 e. The van der Waals surface area contributed by atoms with Crippen LogP contribution in [0.4, 0.5) is 5.69 Å². The van der Waals surface area contributed by atoms with Gasteiger partial charge in [0, 0.05) is 19.8 Å². The van der Waals surface area contributed by atoms with Gasteiger partial charge in [-0.15, -0.1) is 0 Å². The van der Waals surface area contributed by atoms with Crippen molar-refractivity contribution in [1.29, 1.82) is 0 Å². The molecule has 0 fully saturated rings. The first-order chi connectivity index (χ1) is 9.85. The van der Waals surface area contributed by atoms with Crippen LogP contribution in [0.25, 0.3) is 0 Å². The molecular weight excluding hydrogens is 296 g/mol. The van der Waals surface area contributed by atoms with Crippen molar-refractivity contribution in [1.82, 2.24) is 10.2 Å². The third-order valence-electron chi connectivity index (χ3n) is 2.52. The van der Waals surface area contributed by atoms with Crippen LogP contribution >= 0.6 is 11.6 Å². The van der Waals surface area contributed by atoms with Gasteiger partial charge in [-0.05, 0) is 18.2 Å². The van der Waals surface area contributed by atoms with Gasteiger partial charge in [0.25, 0.3) is 5.91 Å². The number of rotatable bonds is 5. The van der Waals surface area contributed by atoms with Crippen LogP contribution in [0.15, 0.2) is 18.2 Å². The number of nitrogens with two attached hydrogens (primary N) is 1. The number of anilines is 1. The summed E-state index contributed by atoms with van der Waals surface area (Å²) in [6.45, 7) is -0.384. The van der Waals surface area contributed by atoms with Gasteiger partial charge in [-0.2, -0.15) is 0 Å². The zero-order valence-corrected chi connectivity index (χ0v) is 12.5. The van der Waals surface area contributed by atoms with Gasteiger partial charge in [0.05, 0.1) is 23.7 Å². The fourth-order valence-electron chi connectivity index (χ4n) is 1.46. The quantitative estimate of drug-likeness (QED) is 0.714. The predicted molar refractivity (Wildman–Crippen MR) is 80.2 cm³/mol. The van der Waals surface area contributed by atoms with E-state index in [-0.39, 0.29) is 24.6 Å². The molecule has 0 spiro atoms. The van der Waals surface area contributed by atoms with E-state index in [0.29, 0.717) is 10.7 Å². The average molecular weight is 313 g/mol. The van der Waals surface area contributed by atoms with E-state index >= 15 is 0 Å². The molecule has 0 aliphatic carbocycles. The van der Waals surface area contributed by atoms with Gasteiger partial charge >= 0.3 is 0 Å². The summed E-state index contributed by atoms with van der Waals surface area (Å²) in [5, 5.41) is 5.20. The highest BCUT2D eigenvalue weighted by molar-refractivity contribution is 6.34. The van der Waals surface area contributed by atoms with Crippen LogP contribution in [0, 0.1) is 0 Å². The maximum absolute atomic E-state index is 11.9. The molecule has 1 aromatic carbocycles. The Morgan fingerprint density at radius 1 is 1.24 bits per heavy atom. The summed E-state index contributed by atoms with van der Waals surface area (Å²) < 4.78 is 0. The molecule has 7 nitrogen and oxygen atoms in total. The van der Waals surface area contributed by atoms with E-state index in [1.165, 1.54) is 17.0 Å². The summed E-state index contributed by atoms with van der Waals surface area (Å²) in [7, 11) is 3.21. The van der Waals surface area contributed by atoms with Crippen molar-refractivity contribution < 1.29 is 14.4 Å². The molecular formula is C13H17ClN4O3. The smallest absolute Gasteiger partial charge is 0.254 e. The van der Waals surface area contributed by atoms with Crippen LogP contribution in [0.2, 0.25) is 5.02 Å². The minimum absolute atomic E-state index is 0.185. The van der Waals surface area contributed by atoms with Crippen LogP contribution in [-0.4, -0.2) is 49.8 Å². The van der Waals surface area contributed by atoms with E-state index in [1.54, 1.807) is 20.2 Å². The van der Waals surface area contributed by atoms with Crippen LogP contribution < -0.4 is 16.4 Å². The lowest BCUT2D eigenvalue weighted by Crippen LogP contribution is -2.36. The second-order valence-corrected chi connectivity index (χ2v) is 4.83. The highest BCUT2D eigenvalue weighted by atomic mass is 35.5. The summed E-state index contributed by atoms with van der Waals surface area (Å²) in [5.41, 5.74) is 5.80. The van der Waals surface area contributed by atoms with Crippen LogP contribution in [-0.2, 0) is 9.59 Å². The third-order valence-corrected chi connectivity index (χ3v) is 2.85. The summed E-state index contributed by atoms with van der Waals surface area (Å²) in [4.78, 5) is 35.9. The zero-order valence-electron chi connectivity index (χ0n) is 11.8. The number of hydrogen-bond donors (Lipinski definition) is 3. The Kier molecular flexibility index (Phi) is 6.13. The Balaban J connectivity index is 2.76. The highest BCUT2D eigenvalue weighted by Crippen LogP contribution is 2.21. The molecule has 0 bridgehead atoms. The minimum Gasteiger partial charge on any atom is -0.346 e. The van der Waals surface area contributed by atoms with Gasteiger partial charge in [0.15, 0.2) is 0 Å². The van der Waals surface area contributed by atoms with Crippen LogP contribution in [0.5, 0.6) is 0 Å². The lowest BCUT2D eigenvalue weighted by Gasteiger charge is -2.13. The molecule has 0 radical (unpaired) electrons. The summed E-state index contributed by atoms with van der Waals surface area (Å²) >= 11 is 5.96. The third kappa shape index (κ3) is 5.05. The van der Waals surface area contributed by atoms with Gasteiger partial charge in [-0.3, -0.25) is 14.4 Å². The number of halogens is 1. The fourth-order valence-corrected chi connectivity index (χ4v) is 1.66. The normalized spacial score (nSPS) is 9.90. The number of carbonyl (C=O) groups excluding carboxylic acids is 3. The first-order valence-electron chi connectivity index (χ1n) is 6.13. The van der Waals surface area contributed by atoms with Gasteiger partial charge in [0.2, 0.25) is 11.8 Å². The molecule has 0 atom stereocenters. The van der Waals surface area contributed by atoms with Crippen molar-refractivity contribution in [3.05, 3.63) is 28.8 Å². The monoisotopic (exact) mass is 312 g/mol. The number of amides is 3. The second kappa shape index (κ2) is 7.61. The predicted octanol–water partition coefficient (Wildman–Crippen LogP) is 0.0552. The van der Waals surface area contributed by atoms with Crippen molar-refractivity contribution >= 4 is 35.0 Å². The maximum atomic E-state index is 11.9. The maximum Gasteiger partial charge on any atom is 0.254 e. The Labute approximate surface area is 127 Å². The van der Waals surface area contributed by atoms with Crippen LogP contribution in [0.3, 0.4) is 0 Å². The number of nitrogens with zero attached hydrogens (tertiary/aromatic N) is 1. The van der Waals surface area contributed by atoms with E-state index in [9.17, 15) is 14.4 Å². The first-order valence-corrected chi connectivity index (χ1v) is 6.50. The van der Waals surface area contributed by atoms with Gasteiger partial charge < -0.3 is 21.3 Å².